The summed E-state index contributed by atoms with van der Waals surface area (Å²) in [4.78, 5) is 26.2. The van der Waals surface area contributed by atoms with Crippen molar-refractivity contribution in [3.63, 3.8) is 0 Å². The van der Waals surface area contributed by atoms with Crippen molar-refractivity contribution in [2.75, 3.05) is 32.8 Å². The zero-order chi connectivity index (χ0) is 35.0. The molecule has 258 valence electrons. The molecule has 2 saturated heterocycles. The van der Waals surface area contributed by atoms with Crippen molar-refractivity contribution in [3.8, 4) is 11.5 Å². The first-order valence-corrected chi connectivity index (χ1v) is 16.5. The van der Waals surface area contributed by atoms with Crippen LogP contribution in [0.4, 0.5) is 5.82 Å². The third-order valence-corrected chi connectivity index (χ3v) is 9.61. The largest absolute Gasteiger partial charge is 0.497 e. The molecule has 6 aromatic rings. The monoisotopic (exact) mass is 685 g/mol. The molecule has 4 heterocycles. The molecule has 2 aliphatic heterocycles. The lowest BCUT2D eigenvalue weighted by molar-refractivity contribution is -0.202. The predicted octanol–water partition coefficient (Wildman–Crippen LogP) is 5.13. The van der Waals surface area contributed by atoms with Gasteiger partial charge in [-0.05, 0) is 53.1 Å². The third kappa shape index (κ3) is 5.58. The number of nitrogens with one attached hydrogen (secondary N) is 1. The fraction of sp³-hybridized carbons (Fsp3) is 0.231. The average molecular weight is 686 g/mol. The highest BCUT2D eigenvalue weighted by Crippen LogP contribution is 2.49. The summed E-state index contributed by atoms with van der Waals surface area (Å²) in [7, 11) is 3.25. The van der Waals surface area contributed by atoms with Crippen LogP contribution >= 0.6 is 0 Å². The number of fused-ring (bicyclic) bond motifs is 3. The quantitative estimate of drug-likeness (QED) is 0.177. The van der Waals surface area contributed by atoms with E-state index in [0.29, 0.717) is 28.2 Å². The molecule has 0 unspecified atom stereocenters. The molecule has 0 spiro atoms. The normalized spacial score (nSPS) is 21.1. The average Bonchev–Trinajstić information content (AvgIpc) is 3.85. The number of aromatic nitrogens is 4. The van der Waals surface area contributed by atoms with Crippen LogP contribution in [0.1, 0.15) is 33.3 Å². The minimum atomic E-state index is -1.23. The first kappa shape index (κ1) is 32.5. The standard InChI is InChI=1S/C39H35N5O7/c1-47-29-17-13-27(14-18-29)39(26-11-7-4-8-12-26,28-15-19-30(48-2)20-16-28)50-22-38-21-49-32(33(38)45)37(51-38)44-24-42-31-34(40-23-41-35(31)44)43-36(46)25-9-5-3-6-10-25/h3-20,23-24,32-33,37,45H,21-22H2,1-2H3,(H,40,41,43,46)/t32-,33+,37+,38+/m0/s1. The van der Waals surface area contributed by atoms with E-state index in [2.05, 4.69) is 20.3 Å². The molecule has 4 atom stereocenters. The molecule has 2 fully saturated rings. The van der Waals surface area contributed by atoms with Crippen LogP contribution in [0, 0.1) is 0 Å². The van der Waals surface area contributed by atoms with Crippen LogP contribution in [0.2, 0.25) is 0 Å². The summed E-state index contributed by atoms with van der Waals surface area (Å²) in [6.07, 6.45) is 0.331. The maximum absolute atomic E-state index is 12.9. The van der Waals surface area contributed by atoms with E-state index in [1.807, 2.05) is 84.9 Å². The molecule has 8 rings (SSSR count). The van der Waals surface area contributed by atoms with Gasteiger partial charge in [0.15, 0.2) is 23.2 Å². The number of aliphatic hydroxyl groups is 1. The third-order valence-electron chi connectivity index (χ3n) is 9.61. The number of amides is 1. The first-order valence-electron chi connectivity index (χ1n) is 16.5. The van der Waals surface area contributed by atoms with Gasteiger partial charge in [-0.1, -0.05) is 72.8 Å². The van der Waals surface area contributed by atoms with Crippen molar-refractivity contribution in [1.82, 2.24) is 19.5 Å². The molecule has 0 radical (unpaired) electrons. The summed E-state index contributed by atoms with van der Waals surface area (Å²) < 4.78 is 32.7. The lowest BCUT2D eigenvalue weighted by Crippen LogP contribution is -2.48. The fourth-order valence-corrected chi connectivity index (χ4v) is 6.94. The van der Waals surface area contributed by atoms with Crippen LogP contribution < -0.4 is 14.8 Å². The zero-order valence-corrected chi connectivity index (χ0v) is 27.9. The van der Waals surface area contributed by atoms with Crippen molar-refractivity contribution < 1.29 is 33.6 Å². The van der Waals surface area contributed by atoms with Crippen molar-refractivity contribution in [3.05, 3.63) is 144 Å². The Morgan fingerprint density at radius 2 is 1.47 bits per heavy atom. The van der Waals surface area contributed by atoms with E-state index in [1.165, 1.54) is 6.33 Å². The Morgan fingerprint density at radius 1 is 0.863 bits per heavy atom. The van der Waals surface area contributed by atoms with E-state index in [0.717, 1.165) is 16.7 Å². The van der Waals surface area contributed by atoms with E-state index in [-0.39, 0.29) is 24.9 Å². The predicted molar refractivity (Wildman–Crippen MR) is 187 cm³/mol. The maximum atomic E-state index is 12.9. The molecule has 4 aromatic carbocycles. The Morgan fingerprint density at radius 3 is 2.10 bits per heavy atom. The molecule has 0 aliphatic carbocycles. The number of hydrogen-bond acceptors (Lipinski definition) is 10. The summed E-state index contributed by atoms with van der Waals surface area (Å²) >= 11 is 0. The summed E-state index contributed by atoms with van der Waals surface area (Å²) in [6, 6.07) is 34.2. The van der Waals surface area contributed by atoms with Gasteiger partial charge in [0, 0.05) is 5.56 Å². The lowest BCUT2D eigenvalue weighted by Gasteiger charge is -2.39. The second-order valence-electron chi connectivity index (χ2n) is 12.5. The van der Waals surface area contributed by atoms with E-state index >= 15 is 0 Å². The van der Waals surface area contributed by atoms with Crippen molar-refractivity contribution in [2.45, 2.75) is 29.6 Å². The number of methoxy groups -OCH3 is 2. The van der Waals surface area contributed by atoms with Gasteiger partial charge >= 0.3 is 0 Å². The number of nitrogens with zero attached hydrogens (tertiary/aromatic N) is 4. The second kappa shape index (κ2) is 13.2. The van der Waals surface area contributed by atoms with Gasteiger partial charge in [0.1, 0.15) is 41.2 Å². The van der Waals surface area contributed by atoms with Crippen molar-refractivity contribution in [1.29, 1.82) is 0 Å². The van der Waals surface area contributed by atoms with Gasteiger partial charge in [-0.15, -0.1) is 0 Å². The van der Waals surface area contributed by atoms with Crippen molar-refractivity contribution in [2.24, 2.45) is 0 Å². The number of aliphatic hydroxyl groups excluding tert-OH is 1. The minimum Gasteiger partial charge on any atom is -0.497 e. The van der Waals surface area contributed by atoms with Crippen LogP contribution in [0.15, 0.2) is 122 Å². The highest BCUT2D eigenvalue weighted by Gasteiger charge is 2.63. The van der Waals surface area contributed by atoms with Gasteiger partial charge in [0.05, 0.1) is 33.8 Å². The van der Waals surface area contributed by atoms with E-state index in [4.69, 9.17) is 23.7 Å². The number of hydrogen-bond donors (Lipinski definition) is 2. The van der Waals surface area contributed by atoms with Gasteiger partial charge in [-0.3, -0.25) is 9.36 Å². The van der Waals surface area contributed by atoms with Gasteiger partial charge in [0.2, 0.25) is 0 Å². The Bertz CT molecular complexity index is 2100. The number of anilines is 1. The summed E-state index contributed by atoms with van der Waals surface area (Å²) in [5, 5.41) is 14.6. The van der Waals surface area contributed by atoms with E-state index in [1.54, 1.807) is 49.4 Å². The molecule has 12 nitrogen and oxygen atoms in total. The fourth-order valence-electron chi connectivity index (χ4n) is 6.94. The molecule has 0 saturated carbocycles. The van der Waals surface area contributed by atoms with Gasteiger partial charge < -0.3 is 34.1 Å². The number of rotatable bonds is 11. The molecule has 51 heavy (non-hydrogen) atoms. The lowest BCUT2D eigenvalue weighted by atomic mass is 9.79. The molecule has 12 heteroatoms. The van der Waals surface area contributed by atoms with E-state index in [9.17, 15) is 9.90 Å². The number of carbonyl (C=O) groups is 1. The van der Waals surface area contributed by atoms with E-state index < -0.39 is 29.6 Å². The SMILES string of the molecule is COc1ccc(C(OC[C@@]23CO[C@H]([C@H](n4cnc5c(NC(=O)c6ccccc6)ncnc54)O2)[C@H]3O)(c2ccccc2)c2ccc(OC)cc2)cc1. The van der Waals surface area contributed by atoms with Crippen LogP contribution in [0.5, 0.6) is 11.5 Å². The number of imidazole rings is 1. The van der Waals surface area contributed by atoms with Crippen LogP contribution in [-0.2, 0) is 19.8 Å². The molecule has 2 N–H and O–H groups in total. The Kier molecular flexibility index (Phi) is 8.44. The van der Waals surface area contributed by atoms with Crippen LogP contribution in [0.3, 0.4) is 0 Å². The van der Waals surface area contributed by atoms with Gasteiger partial charge in [-0.2, -0.15) is 0 Å². The number of ether oxygens (including phenoxy) is 5. The zero-order valence-electron chi connectivity index (χ0n) is 27.9. The molecular weight excluding hydrogens is 650 g/mol. The van der Waals surface area contributed by atoms with Gasteiger partial charge in [0.25, 0.3) is 5.91 Å². The van der Waals surface area contributed by atoms with Crippen LogP contribution in [0.25, 0.3) is 11.2 Å². The molecular formula is C39H35N5O7. The molecule has 2 aromatic heterocycles. The summed E-state index contributed by atoms with van der Waals surface area (Å²) in [5.41, 5.74) is 1.46. The summed E-state index contributed by atoms with van der Waals surface area (Å²) in [5.74, 6) is 1.34. The number of benzene rings is 4. The number of carbonyl (C=O) groups excluding carboxylic acids is 1. The van der Waals surface area contributed by atoms with Crippen LogP contribution in [-0.4, -0.2) is 75.8 Å². The minimum absolute atomic E-state index is 0.0336. The Labute approximate surface area is 293 Å². The van der Waals surface area contributed by atoms with Crippen molar-refractivity contribution >= 4 is 22.9 Å². The first-order chi connectivity index (χ1) is 25.0. The molecule has 1 amide bonds. The molecule has 2 bridgehead atoms. The summed E-state index contributed by atoms with van der Waals surface area (Å²) in [6.45, 7) is 0.0690. The van der Waals surface area contributed by atoms with Gasteiger partial charge in [-0.25, -0.2) is 15.0 Å². The Hall–Kier alpha value is -5.66. The highest BCUT2D eigenvalue weighted by atomic mass is 16.7. The molecule has 2 aliphatic rings. The highest BCUT2D eigenvalue weighted by molar-refractivity contribution is 6.06. The Balaban J connectivity index is 1.14. The smallest absolute Gasteiger partial charge is 0.256 e. The topological polar surface area (TPSA) is 139 Å². The second-order valence-corrected chi connectivity index (χ2v) is 12.5. The maximum Gasteiger partial charge on any atom is 0.256 e.